The number of amides is 2. The van der Waals surface area contributed by atoms with E-state index in [-0.39, 0.29) is 23.5 Å². The molecule has 200 valence electrons. The number of hydrogen-bond acceptors (Lipinski definition) is 3. The Hall–Kier alpha value is -4.08. The summed E-state index contributed by atoms with van der Waals surface area (Å²) in [6.45, 7) is 11.3. The molecule has 0 spiro atoms. The summed E-state index contributed by atoms with van der Waals surface area (Å²) in [5.74, 6) is 7.52. The average Bonchev–Trinajstić information content (AvgIpc) is 3.59. The Morgan fingerprint density at radius 2 is 1.79 bits per heavy atom. The van der Waals surface area contributed by atoms with Gasteiger partial charge in [-0.15, -0.1) is 0 Å². The van der Waals surface area contributed by atoms with Crippen molar-refractivity contribution in [2.45, 2.75) is 59.0 Å². The maximum absolute atomic E-state index is 13.3. The number of nitrogens with zero attached hydrogens (tertiary/aromatic N) is 2. The molecule has 1 aromatic heterocycles. The zero-order chi connectivity index (χ0) is 27.6. The van der Waals surface area contributed by atoms with Crippen molar-refractivity contribution in [1.82, 2.24) is 9.78 Å². The third kappa shape index (κ3) is 6.00. The second-order valence-electron chi connectivity index (χ2n) is 11.3. The molecule has 3 aromatic carbocycles. The van der Waals surface area contributed by atoms with Crippen molar-refractivity contribution in [2.75, 3.05) is 17.2 Å². The van der Waals surface area contributed by atoms with E-state index in [1.807, 2.05) is 73.7 Å². The molecule has 4 aromatic rings. The second-order valence-corrected chi connectivity index (χ2v) is 11.3. The number of urea groups is 1. The van der Waals surface area contributed by atoms with Crippen molar-refractivity contribution in [2.24, 2.45) is 5.92 Å². The monoisotopic (exact) mass is 520 g/mol. The van der Waals surface area contributed by atoms with Gasteiger partial charge in [-0.1, -0.05) is 74.6 Å². The summed E-state index contributed by atoms with van der Waals surface area (Å²) >= 11 is 0. The lowest BCUT2D eigenvalue weighted by atomic mass is 9.92. The standard InChI is InChI=1S/C33H36N4O2/c1-22-12-17-25(18-13-22)37-31(21-30(36-37)33(3,4)5)35-32(38)34-28-19-16-24(26-9-6-7-10-27(26)28)15-14-23(2)29-11-8-20-39-29/h6-7,9-10,12-13,16-19,21,23,29H,8,11,20H2,1-5H3,(H2,34,35,38). The Kier molecular flexibility index (Phi) is 7.45. The van der Waals surface area contributed by atoms with Crippen LogP contribution in [0.5, 0.6) is 0 Å². The van der Waals surface area contributed by atoms with E-state index in [1.54, 1.807) is 4.68 Å². The summed E-state index contributed by atoms with van der Waals surface area (Å²) in [5, 5.41) is 12.8. The molecule has 2 heterocycles. The van der Waals surface area contributed by atoms with Crippen LogP contribution in [-0.4, -0.2) is 28.5 Å². The number of benzene rings is 3. The van der Waals surface area contributed by atoms with Crippen molar-refractivity contribution in [3.8, 4) is 17.5 Å². The molecule has 1 saturated heterocycles. The Labute approximate surface area is 230 Å². The predicted octanol–water partition coefficient (Wildman–Crippen LogP) is 7.44. The van der Waals surface area contributed by atoms with Gasteiger partial charge in [0.1, 0.15) is 5.82 Å². The van der Waals surface area contributed by atoms with Gasteiger partial charge in [-0.3, -0.25) is 5.32 Å². The summed E-state index contributed by atoms with van der Waals surface area (Å²) < 4.78 is 7.58. The summed E-state index contributed by atoms with van der Waals surface area (Å²) in [6.07, 6.45) is 2.38. The number of nitrogens with one attached hydrogen (secondary N) is 2. The number of anilines is 2. The Morgan fingerprint density at radius 3 is 2.49 bits per heavy atom. The normalized spacial score (nSPS) is 16.0. The quantitative estimate of drug-likeness (QED) is 0.275. The van der Waals surface area contributed by atoms with Crippen LogP contribution in [0.15, 0.2) is 66.7 Å². The van der Waals surface area contributed by atoms with Gasteiger partial charge in [0.05, 0.1) is 23.2 Å². The number of carbonyl (C=O) groups is 1. The van der Waals surface area contributed by atoms with Crippen LogP contribution < -0.4 is 10.6 Å². The second kappa shape index (κ2) is 11.0. The molecule has 1 aliphatic rings. The summed E-state index contributed by atoms with van der Waals surface area (Å²) in [4.78, 5) is 13.3. The van der Waals surface area contributed by atoms with E-state index in [4.69, 9.17) is 9.84 Å². The van der Waals surface area contributed by atoms with E-state index in [2.05, 4.69) is 50.2 Å². The third-order valence-corrected chi connectivity index (χ3v) is 7.13. The topological polar surface area (TPSA) is 68.2 Å². The van der Waals surface area contributed by atoms with Gasteiger partial charge < -0.3 is 10.1 Å². The zero-order valence-electron chi connectivity index (χ0n) is 23.3. The van der Waals surface area contributed by atoms with E-state index in [0.717, 1.165) is 58.4 Å². The van der Waals surface area contributed by atoms with Gasteiger partial charge in [0.15, 0.2) is 0 Å². The highest BCUT2D eigenvalue weighted by atomic mass is 16.5. The highest BCUT2D eigenvalue weighted by molar-refractivity contribution is 6.07. The minimum absolute atomic E-state index is 0.169. The van der Waals surface area contributed by atoms with Crippen LogP contribution >= 0.6 is 0 Å². The lowest BCUT2D eigenvalue weighted by Crippen LogP contribution is -2.21. The molecular weight excluding hydrogens is 484 g/mol. The molecule has 2 N–H and O–H groups in total. The lowest BCUT2D eigenvalue weighted by molar-refractivity contribution is 0.0873. The first kappa shape index (κ1) is 26.5. The van der Waals surface area contributed by atoms with Gasteiger partial charge in [-0.25, -0.2) is 9.48 Å². The fourth-order valence-corrected chi connectivity index (χ4v) is 4.79. The molecule has 6 nitrogen and oxygen atoms in total. The zero-order valence-corrected chi connectivity index (χ0v) is 23.3. The predicted molar refractivity (Wildman–Crippen MR) is 159 cm³/mol. The fraction of sp³-hybridized carbons (Fsp3) is 0.333. The Morgan fingerprint density at radius 1 is 1.05 bits per heavy atom. The first-order chi connectivity index (χ1) is 18.7. The van der Waals surface area contributed by atoms with Crippen LogP contribution in [0, 0.1) is 24.7 Å². The fourth-order valence-electron chi connectivity index (χ4n) is 4.79. The van der Waals surface area contributed by atoms with Gasteiger partial charge >= 0.3 is 6.03 Å². The van der Waals surface area contributed by atoms with Gasteiger partial charge in [0, 0.05) is 35.0 Å². The van der Waals surface area contributed by atoms with Gasteiger partial charge in [0.25, 0.3) is 0 Å². The number of ether oxygens (including phenoxy) is 1. The van der Waals surface area contributed by atoms with Gasteiger partial charge in [-0.2, -0.15) is 5.10 Å². The van der Waals surface area contributed by atoms with E-state index in [1.165, 1.54) is 0 Å². The van der Waals surface area contributed by atoms with Crippen molar-refractivity contribution < 1.29 is 9.53 Å². The number of aromatic nitrogens is 2. The number of fused-ring (bicyclic) bond motifs is 1. The molecule has 2 amide bonds. The minimum atomic E-state index is -0.334. The van der Waals surface area contributed by atoms with Crippen molar-refractivity contribution in [3.63, 3.8) is 0 Å². The van der Waals surface area contributed by atoms with E-state index < -0.39 is 0 Å². The van der Waals surface area contributed by atoms with E-state index >= 15 is 0 Å². The highest BCUT2D eigenvalue weighted by Gasteiger charge is 2.22. The molecule has 0 aliphatic carbocycles. The number of carbonyl (C=O) groups excluding carboxylic acids is 1. The van der Waals surface area contributed by atoms with Crippen LogP contribution in [-0.2, 0) is 10.2 Å². The van der Waals surface area contributed by atoms with Gasteiger partial charge in [0.2, 0.25) is 0 Å². The number of hydrogen-bond donors (Lipinski definition) is 2. The molecule has 0 radical (unpaired) electrons. The first-order valence-corrected chi connectivity index (χ1v) is 13.6. The molecule has 5 rings (SSSR count). The Bertz CT molecular complexity index is 1540. The van der Waals surface area contributed by atoms with Crippen molar-refractivity contribution in [1.29, 1.82) is 0 Å². The summed E-state index contributed by atoms with van der Waals surface area (Å²) in [7, 11) is 0. The van der Waals surface area contributed by atoms with Crippen LogP contribution in [0.1, 0.15) is 57.4 Å². The molecule has 1 aliphatic heterocycles. The lowest BCUT2D eigenvalue weighted by Gasteiger charge is -2.14. The number of rotatable bonds is 4. The third-order valence-electron chi connectivity index (χ3n) is 7.13. The van der Waals surface area contributed by atoms with Crippen LogP contribution in [0.2, 0.25) is 0 Å². The molecule has 2 unspecified atom stereocenters. The maximum atomic E-state index is 13.3. The van der Waals surface area contributed by atoms with Crippen LogP contribution in [0.25, 0.3) is 16.5 Å². The van der Waals surface area contributed by atoms with E-state index in [9.17, 15) is 4.79 Å². The highest BCUT2D eigenvalue weighted by Crippen LogP contribution is 2.29. The maximum Gasteiger partial charge on any atom is 0.324 e. The molecule has 0 saturated carbocycles. The summed E-state index contributed by atoms with van der Waals surface area (Å²) in [5.41, 5.74) is 4.43. The average molecular weight is 521 g/mol. The first-order valence-electron chi connectivity index (χ1n) is 13.6. The van der Waals surface area contributed by atoms with Crippen molar-refractivity contribution >= 4 is 28.3 Å². The molecule has 2 atom stereocenters. The molecule has 0 bridgehead atoms. The van der Waals surface area contributed by atoms with Crippen LogP contribution in [0.3, 0.4) is 0 Å². The molecule has 39 heavy (non-hydrogen) atoms. The summed E-state index contributed by atoms with van der Waals surface area (Å²) in [6, 6.07) is 21.6. The van der Waals surface area contributed by atoms with Crippen molar-refractivity contribution in [3.05, 3.63) is 83.6 Å². The smallest absolute Gasteiger partial charge is 0.324 e. The molecular formula is C33H36N4O2. The largest absolute Gasteiger partial charge is 0.377 e. The molecule has 6 heteroatoms. The number of aryl methyl sites for hydroxylation is 1. The SMILES string of the molecule is Cc1ccc(-n2nc(C(C)(C)C)cc2NC(=O)Nc2ccc(C#CC(C)C3CCCO3)c3ccccc23)cc1. The van der Waals surface area contributed by atoms with Crippen LogP contribution in [0.4, 0.5) is 16.3 Å². The minimum Gasteiger partial charge on any atom is -0.377 e. The Balaban J connectivity index is 1.40. The molecule has 1 fully saturated rings. The van der Waals surface area contributed by atoms with E-state index in [0.29, 0.717) is 5.82 Å². The van der Waals surface area contributed by atoms with Gasteiger partial charge in [-0.05, 0) is 56.3 Å².